The van der Waals surface area contributed by atoms with Crippen LogP contribution in [0.3, 0.4) is 0 Å². The highest BCUT2D eigenvalue weighted by Crippen LogP contribution is 2.23. The van der Waals surface area contributed by atoms with E-state index in [0.29, 0.717) is 24.5 Å². The minimum absolute atomic E-state index is 0.00743. The molecule has 25 heavy (non-hydrogen) atoms. The zero-order chi connectivity index (χ0) is 18.2. The number of non-ortho nitro benzene ring substituents is 1. The van der Waals surface area contributed by atoms with Gasteiger partial charge in [-0.15, -0.1) is 0 Å². The minimum Gasteiger partial charge on any atom is -0.394 e. The maximum Gasteiger partial charge on any atom is 0.269 e. The zero-order valence-corrected chi connectivity index (χ0v) is 13.8. The van der Waals surface area contributed by atoms with E-state index in [-0.39, 0.29) is 12.3 Å². The number of aliphatic hydroxyl groups excluding tert-OH is 2. The van der Waals surface area contributed by atoms with Crippen molar-refractivity contribution in [3.63, 3.8) is 0 Å². The quantitative estimate of drug-likeness (QED) is 0.434. The average Bonchev–Trinajstić information content (AvgIpc) is 2.65. The third-order valence-corrected chi connectivity index (χ3v) is 3.58. The number of hydrogen-bond donors (Lipinski definition) is 2. The van der Waals surface area contributed by atoms with Crippen LogP contribution in [0.15, 0.2) is 58.8 Å². The van der Waals surface area contributed by atoms with Crippen molar-refractivity contribution in [2.24, 2.45) is 10.2 Å². The summed E-state index contributed by atoms with van der Waals surface area (Å²) in [6.07, 6.45) is -0.790. The van der Waals surface area contributed by atoms with E-state index in [0.717, 1.165) is 5.69 Å². The Morgan fingerprint density at radius 3 is 2.04 bits per heavy atom. The third-order valence-electron chi connectivity index (χ3n) is 3.58. The maximum absolute atomic E-state index is 10.6. The van der Waals surface area contributed by atoms with Gasteiger partial charge in [-0.1, -0.05) is 0 Å². The molecule has 2 rings (SSSR count). The van der Waals surface area contributed by atoms with E-state index in [1.165, 1.54) is 24.3 Å². The van der Waals surface area contributed by atoms with Crippen LogP contribution in [0.2, 0.25) is 0 Å². The SMILES string of the molecule is CCN(CC(O)CO)c1ccc(/N=N/c2ccc([N+](=O)[O-])cc2)cc1. The second-order valence-corrected chi connectivity index (χ2v) is 5.36. The van der Waals surface area contributed by atoms with Gasteiger partial charge >= 0.3 is 0 Å². The summed E-state index contributed by atoms with van der Waals surface area (Å²) in [7, 11) is 0. The average molecular weight is 344 g/mol. The summed E-state index contributed by atoms with van der Waals surface area (Å²) in [5.41, 5.74) is 2.08. The van der Waals surface area contributed by atoms with E-state index in [4.69, 9.17) is 5.11 Å². The van der Waals surface area contributed by atoms with Crippen molar-refractivity contribution in [1.82, 2.24) is 0 Å². The van der Waals surface area contributed by atoms with Gasteiger partial charge in [-0.25, -0.2) is 0 Å². The van der Waals surface area contributed by atoms with Gasteiger partial charge in [-0.05, 0) is 43.3 Å². The molecule has 0 saturated heterocycles. The number of azo groups is 1. The normalized spacial score (nSPS) is 12.3. The summed E-state index contributed by atoms with van der Waals surface area (Å²) in [5.74, 6) is 0. The Morgan fingerprint density at radius 2 is 1.60 bits per heavy atom. The Bertz CT molecular complexity index is 716. The smallest absolute Gasteiger partial charge is 0.269 e. The van der Waals surface area contributed by atoms with E-state index in [2.05, 4.69) is 10.2 Å². The molecule has 0 radical (unpaired) electrons. The second-order valence-electron chi connectivity index (χ2n) is 5.36. The van der Waals surface area contributed by atoms with Crippen LogP contribution in [0.25, 0.3) is 0 Å². The largest absolute Gasteiger partial charge is 0.394 e. The Labute approximate surface area is 145 Å². The molecule has 2 aromatic rings. The number of nitrogens with zero attached hydrogens (tertiary/aromatic N) is 4. The molecule has 1 unspecified atom stereocenters. The minimum atomic E-state index is -0.790. The Morgan fingerprint density at radius 1 is 1.08 bits per heavy atom. The number of aliphatic hydroxyl groups is 2. The highest BCUT2D eigenvalue weighted by molar-refractivity contribution is 5.53. The van der Waals surface area contributed by atoms with Gasteiger partial charge in [-0.3, -0.25) is 10.1 Å². The number of hydrogen-bond acceptors (Lipinski definition) is 7. The van der Waals surface area contributed by atoms with E-state index in [1.54, 1.807) is 12.1 Å². The molecule has 0 aliphatic carbocycles. The second kappa shape index (κ2) is 8.86. The van der Waals surface area contributed by atoms with Crippen molar-refractivity contribution in [1.29, 1.82) is 0 Å². The van der Waals surface area contributed by atoms with Crippen LogP contribution >= 0.6 is 0 Å². The number of benzene rings is 2. The highest BCUT2D eigenvalue weighted by atomic mass is 16.6. The molecule has 0 aliphatic rings. The molecule has 0 saturated carbocycles. The van der Waals surface area contributed by atoms with E-state index in [9.17, 15) is 15.2 Å². The predicted octanol–water partition coefficient (Wildman–Crippen LogP) is 3.19. The van der Waals surface area contributed by atoms with E-state index < -0.39 is 11.0 Å². The molecule has 2 N–H and O–H groups in total. The molecular weight excluding hydrogens is 324 g/mol. The van der Waals surface area contributed by atoms with E-state index in [1.807, 2.05) is 24.0 Å². The van der Waals surface area contributed by atoms with Crippen LogP contribution in [0.5, 0.6) is 0 Å². The molecule has 132 valence electrons. The lowest BCUT2D eigenvalue weighted by molar-refractivity contribution is -0.384. The fourth-order valence-electron chi connectivity index (χ4n) is 2.22. The van der Waals surface area contributed by atoms with Gasteiger partial charge in [0.05, 0.1) is 29.0 Å². The summed E-state index contributed by atoms with van der Waals surface area (Å²) in [5, 5.41) is 37.3. The lowest BCUT2D eigenvalue weighted by Crippen LogP contribution is -2.34. The summed E-state index contributed by atoms with van der Waals surface area (Å²) in [6, 6.07) is 13.1. The highest BCUT2D eigenvalue weighted by Gasteiger charge is 2.10. The molecule has 8 heteroatoms. The van der Waals surface area contributed by atoms with Gasteiger partial charge in [0.15, 0.2) is 0 Å². The number of likely N-dealkylation sites (N-methyl/N-ethyl adjacent to an activating group) is 1. The van der Waals surface area contributed by atoms with Gasteiger partial charge in [0.25, 0.3) is 5.69 Å². The molecule has 2 aromatic carbocycles. The van der Waals surface area contributed by atoms with Crippen LogP contribution in [-0.4, -0.2) is 40.9 Å². The fraction of sp³-hybridized carbons (Fsp3) is 0.294. The van der Waals surface area contributed by atoms with Gasteiger partial charge in [0.2, 0.25) is 0 Å². The first-order chi connectivity index (χ1) is 12.0. The number of anilines is 1. The van der Waals surface area contributed by atoms with Gasteiger partial charge in [-0.2, -0.15) is 10.2 Å². The van der Waals surface area contributed by atoms with Crippen LogP contribution < -0.4 is 4.90 Å². The van der Waals surface area contributed by atoms with Crippen LogP contribution in [0.1, 0.15) is 6.92 Å². The monoisotopic (exact) mass is 344 g/mol. The molecule has 0 aromatic heterocycles. The van der Waals surface area contributed by atoms with Gasteiger partial charge in [0, 0.05) is 30.9 Å². The molecule has 0 aliphatic heterocycles. The van der Waals surface area contributed by atoms with Crippen LogP contribution in [0, 0.1) is 10.1 Å². The Balaban J connectivity index is 2.05. The lowest BCUT2D eigenvalue weighted by Gasteiger charge is -2.25. The first kappa shape index (κ1) is 18.5. The van der Waals surface area contributed by atoms with Crippen LogP contribution in [0.4, 0.5) is 22.7 Å². The van der Waals surface area contributed by atoms with Crippen molar-refractivity contribution in [3.8, 4) is 0 Å². The van der Waals surface area contributed by atoms with E-state index >= 15 is 0 Å². The Kier molecular flexibility index (Phi) is 6.55. The molecule has 0 amide bonds. The summed E-state index contributed by atoms with van der Waals surface area (Å²) in [4.78, 5) is 12.1. The lowest BCUT2D eigenvalue weighted by atomic mass is 10.2. The molecule has 0 heterocycles. The molecule has 1 atom stereocenters. The van der Waals surface area contributed by atoms with Gasteiger partial charge < -0.3 is 15.1 Å². The first-order valence-corrected chi connectivity index (χ1v) is 7.83. The fourth-order valence-corrected chi connectivity index (χ4v) is 2.22. The van der Waals surface area contributed by atoms with Crippen molar-refractivity contribution in [2.75, 3.05) is 24.6 Å². The number of nitro groups is 1. The van der Waals surface area contributed by atoms with Gasteiger partial charge in [0.1, 0.15) is 0 Å². The van der Waals surface area contributed by atoms with Crippen molar-refractivity contribution in [3.05, 3.63) is 58.6 Å². The van der Waals surface area contributed by atoms with Crippen molar-refractivity contribution in [2.45, 2.75) is 13.0 Å². The van der Waals surface area contributed by atoms with Crippen molar-refractivity contribution >= 4 is 22.7 Å². The molecular formula is C17H20N4O4. The summed E-state index contributed by atoms with van der Waals surface area (Å²) in [6.45, 7) is 2.72. The van der Waals surface area contributed by atoms with Crippen LogP contribution in [-0.2, 0) is 0 Å². The zero-order valence-electron chi connectivity index (χ0n) is 13.8. The Hall–Kier alpha value is -2.84. The molecule has 0 spiro atoms. The summed E-state index contributed by atoms with van der Waals surface area (Å²) < 4.78 is 0. The van der Waals surface area contributed by atoms with Crippen molar-refractivity contribution < 1.29 is 15.1 Å². The maximum atomic E-state index is 10.6. The number of nitro benzene ring substituents is 1. The summed E-state index contributed by atoms with van der Waals surface area (Å²) >= 11 is 0. The topological polar surface area (TPSA) is 112 Å². The standard InChI is InChI=1S/C17H20N4O4/c1-2-20(11-17(23)12-22)15-7-3-13(4-8-15)18-19-14-5-9-16(10-6-14)21(24)25/h3-10,17,22-23H,2,11-12H2,1H3/b19-18+. The number of rotatable bonds is 8. The molecule has 8 nitrogen and oxygen atoms in total. The third kappa shape index (κ3) is 5.33. The molecule has 0 bridgehead atoms. The molecule has 0 fully saturated rings. The first-order valence-electron chi connectivity index (χ1n) is 7.83. The predicted molar refractivity (Wildman–Crippen MR) is 94.7 cm³/mol.